The van der Waals surface area contributed by atoms with Crippen LogP contribution in [0.5, 0.6) is 0 Å². The molecule has 0 unspecified atom stereocenters. The monoisotopic (exact) mass is 434 g/mol. The first-order valence-corrected chi connectivity index (χ1v) is 9.01. The molecule has 1 saturated heterocycles. The summed E-state index contributed by atoms with van der Waals surface area (Å²) in [6.45, 7) is 3.71. The van der Waals surface area contributed by atoms with Crippen molar-refractivity contribution in [1.82, 2.24) is 10.3 Å². The lowest BCUT2D eigenvalue weighted by Crippen LogP contribution is -2.27. The molecule has 0 radical (unpaired) electrons. The van der Waals surface area contributed by atoms with Gasteiger partial charge in [0.05, 0.1) is 0 Å². The number of aromatic nitrogens is 1. The van der Waals surface area contributed by atoms with E-state index in [1.54, 1.807) is 12.1 Å². The Labute approximate surface area is 147 Å². The Morgan fingerprint density at radius 3 is 2.91 bits per heavy atom. The van der Waals surface area contributed by atoms with Crippen LogP contribution in [-0.2, 0) is 9.47 Å². The average Bonchev–Trinajstić information content (AvgIpc) is 2.54. The Bertz CT molecular complexity index is 494. The van der Waals surface area contributed by atoms with Crippen molar-refractivity contribution >= 4 is 37.8 Å². The van der Waals surface area contributed by atoms with Crippen LogP contribution in [-0.4, -0.2) is 43.9 Å². The number of carbonyl (C=O) groups is 1. The standard InChI is InChI=1S/C15H20Br2N2O3/c16-12-2-3-13(17)19-14(12)15(20)18-6-1-7-22-10-11-4-8-21-9-5-11/h2-3,11H,1,4-10H2,(H,18,20). The number of rotatable bonds is 7. The summed E-state index contributed by atoms with van der Waals surface area (Å²) in [7, 11) is 0. The van der Waals surface area contributed by atoms with Crippen LogP contribution in [0.3, 0.4) is 0 Å². The van der Waals surface area contributed by atoms with Gasteiger partial charge in [-0.15, -0.1) is 0 Å². The molecular formula is C15H20Br2N2O3. The second-order valence-electron chi connectivity index (χ2n) is 5.20. The van der Waals surface area contributed by atoms with Gasteiger partial charge < -0.3 is 14.8 Å². The summed E-state index contributed by atoms with van der Waals surface area (Å²) in [6, 6.07) is 3.58. The summed E-state index contributed by atoms with van der Waals surface area (Å²) in [5.41, 5.74) is 0.387. The first-order chi connectivity index (χ1) is 10.7. The maximum absolute atomic E-state index is 12.0. The van der Waals surface area contributed by atoms with Crippen molar-refractivity contribution in [3.05, 3.63) is 26.9 Å². The fraction of sp³-hybridized carbons (Fsp3) is 0.600. The molecule has 5 nitrogen and oxygen atoms in total. The van der Waals surface area contributed by atoms with E-state index in [1.807, 2.05) is 0 Å². The van der Waals surface area contributed by atoms with Gasteiger partial charge in [-0.1, -0.05) is 0 Å². The smallest absolute Gasteiger partial charge is 0.271 e. The van der Waals surface area contributed by atoms with Crippen molar-refractivity contribution in [3.63, 3.8) is 0 Å². The van der Waals surface area contributed by atoms with Gasteiger partial charge in [-0.05, 0) is 69.2 Å². The van der Waals surface area contributed by atoms with E-state index in [9.17, 15) is 4.79 Å². The lowest BCUT2D eigenvalue weighted by atomic mass is 10.0. The first-order valence-electron chi connectivity index (χ1n) is 7.42. The minimum absolute atomic E-state index is 0.183. The second-order valence-corrected chi connectivity index (χ2v) is 6.87. The number of hydrogen-bond donors (Lipinski definition) is 1. The molecule has 122 valence electrons. The maximum Gasteiger partial charge on any atom is 0.271 e. The molecule has 2 heterocycles. The molecule has 0 bridgehead atoms. The van der Waals surface area contributed by atoms with Gasteiger partial charge in [0.15, 0.2) is 0 Å². The first kappa shape index (κ1) is 17.8. The number of carbonyl (C=O) groups excluding carboxylic acids is 1. The number of pyridine rings is 1. The number of ether oxygens (including phenoxy) is 2. The van der Waals surface area contributed by atoms with Crippen LogP contribution in [0, 0.1) is 5.92 Å². The molecule has 1 aromatic heterocycles. The molecule has 22 heavy (non-hydrogen) atoms. The molecule has 1 aliphatic heterocycles. The van der Waals surface area contributed by atoms with E-state index in [1.165, 1.54) is 0 Å². The third-order valence-electron chi connectivity index (χ3n) is 3.47. The molecule has 7 heteroatoms. The summed E-state index contributed by atoms with van der Waals surface area (Å²) < 4.78 is 12.3. The van der Waals surface area contributed by atoms with E-state index < -0.39 is 0 Å². The van der Waals surface area contributed by atoms with Crippen LogP contribution in [0.15, 0.2) is 21.2 Å². The summed E-state index contributed by atoms with van der Waals surface area (Å²) >= 11 is 6.59. The van der Waals surface area contributed by atoms with Gasteiger partial charge in [0.25, 0.3) is 5.91 Å². The Hall–Kier alpha value is -0.500. The number of halogens is 2. The van der Waals surface area contributed by atoms with Gasteiger partial charge in [-0.25, -0.2) is 4.98 Å². The highest BCUT2D eigenvalue weighted by Crippen LogP contribution is 2.17. The zero-order valence-corrected chi connectivity index (χ0v) is 15.5. The molecule has 1 amide bonds. The zero-order valence-electron chi connectivity index (χ0n) is 12.3. The molecule has 0 atom stereocenters. The van der Waals surface area contributed by atoms with Crippen molar-refractivity contribution < 1.29 is 14.3 Å². The zero-order chi connectivity index (χ0) is 15.8. The van der Waals surface area contributed by atoms with Crippen LogP contribution >= 0.6 is 31.9 Å². The Morgan fingerprint density at radius 2 is 2.14 bits per heavy atom. The third kappa shape index (κ3) is 5.95. The van der Waals surface area contributed by atoms with Gasteiger partial charge in [0, 0.05) is 37.4 Å². The largest absolute Gasteiger partial charge is 0.381 e. The maximum atomic E-state index is 12.0. The number of nitrogens with one attached hydrogen (secondary N) is 1. The van der Waals surface area contributed by atoms with Crippen molar-refractivity contribution in [3.8, 4) is 0 Å². The lowest BCUT2D eigenvalue weighted by molar-refractivity contribution is 0.0202. The van der Waals surface area contributed by atoms with Crippen LogP contribution in [0.2, 0.25) is 0 Å². The predicted octanol–water partition coefficient (Wildman–Crippen LogP) is 3.17. The molecule has 0 saturated carbocycles. The summed E-state index contributed by atoms with van der Waals surface area (Å²) in [5.74, 6) is 0.433. The highest BCUT2D eigenvalue weighted by molar-refractivity contribution is 9.11. The van der Waals surface area contributed by atoms with E-state index in [4.69, 9.17) is 9.47 Å². The Kier molecular flexibility index (Phi) is 7.79. The average molecular weight is 436 g/mol. The molecule has 2 rings (SSSR count). The van der Waals surface area contributed by atoms with Gasteiger partial charge in [-0.3, -0.25) is 4.79 Å². The fourth-order valence-electron chi connectivity index (χ4n) is 2.20. The van der Waals surface area contributed by atoms with Gasteiger partial charge in [0.1, 0.15) is 10.3 Å². The van der Waals surface area contributed by atoms with E-state index in [-0.39, 0.29) is 5.91 Å². The van der Waals surface area contributed by atoms with E-state index in [2.05, 4.69) is 42.2 Å². The molecule has 0 spiro atoms. The van der Waals surface area contributed by atoms with Gasteiger partial charge >= 0.3 is 0 Å². The summed E-state index contributed by atoms with van der Waals surface area (Å²) in [4.78, 5) is 16.2. The summed E-state index contributed by atoms with van der Waals surface area (Å²) in [6.07, 6.45) is 2.96. The van der Waals surface area contributed by atoms with Crippen molar-refractivity contribution in [2.45, 2.75) is 19.3 Å². The third-order valence-corrected chi connectivity index (χ3v) is 4.55. The second kappa shape index (κ2) is 9.60. The number of amides is 1. The normalized spacial score (nSPS) is 15.7. The topological polar surface area (TPSA) is 60.5 Å². The molecule has 1 aromatic rings. The molecule has 1 aliphatic rings. The van der Waals surface area contributed by atoms with Gasteiger partial charge in [-0.2, -0.15) is 0 Å². The molecular weight excluding hydrogens is 416 g/mol. The number of hydrogen-bond acceptors (Lipinski definition) is 4. The predicted molar refractivity (Wildman–Crippen MR) is 90.9 cm³/mol. The van der Waals surface area contributed by atoms with Crippen LogP contribution in [0.4, 0.5) is 0 Å². The van der Waals surface area contributed by atoms with Crippen LogP contribution < -0.4 is 5.32 Å². The quantitative estimate of drug-likeness (QED) is 0.527. The summed E-state index contributed by atoms with van der Waals surface area (Å²) in [5, 5.41) is 2.85. The highest BCUT2D eigenvalue weighted by atomic mass is 79.9. The van der Waals surface area contributed by atoms with Crippen molar-refractivity contribution in [1.29, 1.82) is 0 Å². The Balaban J connectivity index is 1.60. The fourth-order valence-corrected chi connectivity index (χ4v) is 2.91. The lowest BCUT2D eigenvalue weighted by Gasteiger charge is -2.21. The minimum atomic E-state index is -0.183. The molecule has 1 N–H and O–H groups in total. The van der Waals surface area contributed by atoms with E-state index in [0.717, 1.165) is 39.1 Å². The van der Waals surface area contributed by atoms with E-state index >= 15 is 0 Å². The SMILES string of the molecule is O=C(NCCCOCC1CCOCC1)c1nc(Br)ccc1Br. The number of nitrogens with zero attached hydrogens (tertiary/aromatic N) is 1. The minimum Gasteiger partial charge on any atom is -0.381 e. The molecule has 0 aliphatic carbocycles. The molecule has 0 aromatic carbocycles. The van der Waals surface area contributed by atoms with Crippen LogP contribution in [0.1, 0.15) is 29.8 Å². The van der Waals surface area contributed by atoms with Crippen LogP contribution in [0.25, 0.3) is 0 Å². The molecule has 1 fully saturated rings. The highest BCUT2D eigenvalue weighted by Gasteiger charge is 2.14. The van der Waals surface area contributed by atoms with Crippen molar-refractivity contribution in [2.75, 3.05) is 33.0 Å². The van der Waals surface area contributed by atoms with Crippen molar-refractivity contribution in [2.24, 2.45) is 5.92 Å². The van der Waals surface area contributed by atoms with Gasteiger partial charge in [0.2, 0.25) is 0 Å². The van der Waals surface area contributed by atoms with E-state index in [0.29, 0.717) is 33.8 Å². The Morgan fingerprint density at radius 1 is 1.36 bits per heavy atom.